The summed E-state index contributed by atoms with van der Waals surface area (Å²) in [5.41, 5.74) is 1.39. The van der Waals surface area contributed by atoms with E-state index in [1.54, 1.807) is 0 Å². The molecular weight excluding hydrogens is 278 g/mol. The van der Waals surface area contributed by atoms with E-state index in [0.29, 0.717) is 18.4 Å². The minimum Gasteiger partial charge on any atom is -0.469 e. The first-order valence-corrected chi connectivity index (χ1v) is 7.99. The zero-order valence-corrected chi connectivity index (χ0v) is 13.4. The summed E-state index contributed by atoms with van der Waals surface area (Å²) < 4.78 is 4.92. The van der Waals surface area contributed by atoms with E-state index in [0.717, 1.165) is 25.7 Å². The molecule has 1 aromatic rings. The number of esters is 1. The van der Waals surface area contributed by atoms with Gasteiger partial charge in [-0.1, -0.05) is 30.3 Å². The van der Waals surface area contributed by atoms with Crippen LogP contribution in [-0.2, 0) is 14.3 Å². The fourth-order valence-electron chi connectivity index (χ4n) is 3.43. The second kappa shape index (κ2) is 7.97. The number of benzene rings is 1. The lowest BCUT2D eigenvalue weighted by Crippen LogP contribution is -2.38. The van der Waals surface area contributed by atoms with Crippen LogP contribution in [0.4, 0.5) is 0 Å². The van der Waals surface area contributed by atoms with Gasteiger partial charge in [-0.15, -0.1) is 0 Å². The zero-order valence-electron chi connectivity index (χ0n) is 13.4. The van der Waals surface area contributed by atoms with Crippen LogP contribution in [0.1, 0.15) is 44.1 Å². The molecule has 1 unspecified atom stereocenters. The molecule has 1 aliphatic rings. The Morgan fingerprint density at radius 1 is 1.18 bits per heavy atom. The van der Waals surface area contributed by atoms with Crippen molar-refractivity contribution in [3.8, 4) is 0 Å². The molecule has 0 heterocycles. The second-order valence-corrected chi connectivity index (χ2v) is 6.09. The van der Waals surface area contributed by atoms with Crippen LogP contribution >= 0.6 is 0 Å². The van der Waals surface area contributed by atoms with Crippen molar-refractivity contribution in [2.75, 3.05) is 13.7 Å². The van der Waals surface area contributed by atoms with Crippen LogP contribution in [0.25, 0.3) is 0 Å². The lowest BCUT2D eigenvalue weighted by molar-refractivity contribution is -0.147. The van der Waals surface area contributed by atoms with Crippen LogP contribution < -0.4 is 5.32 Å². The first-order chi connectivity index (χ1) is 10.6. The summed E-state index contributed by atoms with van der Waals surface area (Å²) in [4.78, 5) is 23.1. The van der Waals surface area contributed by atoms with E-state index in [-0.39, 0.29) is 17.8 Å². The summed E-state index contributed by atoms with van der Waals surface area (Å²) in [6, 6.07) is 10.6. The van der Waals surface area contributed by atoms with Crippen LogP contribution in [0.3, 0.4) is 0 Å². The maximum atomic E-state index is 12.0. The van der Waals surface area contributed by atoms with E-state index in [2.05, 4.69) is 29.6 Å². The number of methoxy groups -OCH3 is 1. The molecule has 120 valence electrons. The van der Waals surface area contributed by atoms with E-state index < -0.39 is 0 Å². The summed E-state index contributed by atoms with van der Waals surface area (Å²) in [5, 5.41) is 2.76. The minimum absolute atomic E-state index is 0.105. The van der Waals surface area contributed by atoms with Gasteiger partial charge in [0, 0.05) is 13.5 Å². The molecule has 4 heteroatoms. The summed E-state index contributed by atoms with van der Waals surface area (Å²) in [6.07, 6.45) is 4.17. The van der Waals surface area contributed by atoms with Crippen LogP contribution in [0.5, 0.6) is 0 Å². The quantitative estimate of drug-likeness (QED) is 0.851. The van der Waals surface area contributed by atoms with Crippen molar-refractivity contribution >= 4 is 11.9 Å². The zero-order chi connectivity index (χ0) is 15.9. The van der Waals surface area contributed by atoms with Gasteiger partial charge in [-0.2, -0.15) is 0 Å². The highest BCUT2D eigenvalue weighted by atomic mass is 16.5. The number of carbonyl (C=O) groups is 2. The van der Waals surface area contributed by atoms with Gasteiger partial charge in [-0.05, 0) is 43.1 Å². The van der Waals surface area contributed by atoms with Gasteiger partial charge >= 0.3 is 5.97 Å². The predicted molar refractivity (Wildman–Crippen MR) is 85.3 cm³/mol. The molecule has 1 aromatic carbocycles. The molecule has 0 spiro atoms. The molecule has 1 saturated carbocycles. The predicted octanol–water partition coefficient (Wildman–Crippen LogP) is 2.89. The Morgan fingerprint density at radius 2 is 1.82 bits per heavy atom. The molecule has 0 radical (unpaired) electrons. The lowest BCUT2D eigenvalue weighted by Gasteiger charge is -2.32. The number of ether oxygens (including phenoxy) is 1. The van der Waals surface area contributed by atoms with Gasteiger partial charge in [0.1, 0.15) is 0 Å². The minimum atomic E-state index is -0.231. The molecule has 1 N–H and O–H groups in total. The number of hydrogen-bond donors (Lipinski definition) is 1. The highest BCUT2D eigenvalue weighted by Gasteiger charge is 2.33. The fraction of sp³-hybridized carbons (Fsp3) is 0.556. The highest BCUT2D eigenvalue weighted by molar-refractivity contribution is 5.76. The number of hydrogen-bond acceptors (Lipinski definition) is 3. The van der Waals surface area contributed by atoms with E-state index >= 15 is 0 Å². The Kier molecular flexibility index (Phi) is 5.99. The fourth-order valence-corrected chi connectivity index (χ4v) is 3.43. The third kappa shape index (κ3) is 4.33. The molecule has 22 heavy (non-hydrogen) atoms. The first-order valence-electron chi connectivity index (χ1n) is 7.99. The van der Waals surface area contributed by atoms with Crippen molar-refractivity contribution in [1.82, 2.24) is 5.32 Å². The number of amides is 1. The number of rotatable bonds is 5. The highest BCUT2D eigenvalue weighted by Crippen LogP contribution is 2.38. The van der Waals surface area contributed by atoms with Gasteiger partial charge in [-0.25, -0.2) is 0 Å². The van der Waals surface area contributed by atoms with Gasteiger partial charge in [-0.3, -0.25) is 9.59 Å². The average molecular weight is 303 g/mol. The van der Waals surface area contributed by atoms with E-state index in [1.807, 2.05) is 6.07 Å². The summed E-state index contributed by atoms with van der Waals surface area (Å²) in [7, 11) is 1.42. The SMILES string of the molecule is COC(=O)C(CNC(C)=O)C1CCC(c2ccccc2)CC1. The van der Waals surface area contributed by atoms with Crippen molar-refractivity contribution in [2.45, 2.75) is 38.5 Å². The molecule has 1 amide bonds. The second-order valence-electron chi connectivity index (χ2n) is 6.09. The molecule has 0 aromatic heterocycles. The maximum Gasteiger partial charge on any atom is 0.310 e. The Bertz CT molecular complexity index is 492. The lowest BCUT2D eigenvalue weighted by atomic mass is 9.73. The van der Waals surface area contributed by atoms with Crippen LogP contribution in [0, 0.1) is 11.8 Å². The summed E-state index contributed by atoms with van der Waals surface area (Å²) >= 11 is 0. The summed E-state index contributed by atoms with van der Waals surface area (Å²) in [6.45, 7) is 1.85. The van der Waals surface area contributed by atoms with Crippen molar-refractivity contribution in [2.24, 2.45) is 11.8 Å². The average Bonchev–Trinajstić information content (AvgIpc) is 2.56. The first kappa shape index (κ1) is 16.5. The molecular formula is C18H25NO3. The number of nitrogens with one attached hydrogen (secondary N) is 1. The molecule has 1 atom stereocenters. The topological polar surface area (TPSA) is 55.4 Å². The Hall–Kier alpha value is -1.84. The Balaban J connectivity index is 1.94. The van der Waals surface area contributed by atoms with E-state index in [4.69, 9.17) is 4.74 Å². The maximum absolute atomic E-state index is 12.0. The van der Waals surface area contributed by atoms with E-state index in [1.165, 1.54) is 19.6 Å². The van der Waals surface area contributed by atoms with Crippen LogP contribution in [-0.4, -0.2) is 25.5 Å². The van der Waals surface area contributed by atoms with E-state index in [9.17, 15) is 9.59 Å². The Labute approximate surface area is 132 Å². The molecule has 0 aliphatic heterocycles. The third-order valence-electron chi connectivity index (χ3n) is 4.69. The van der Waals surface area contributed by atoms with Crippen LogP contribution in [0.2, 0.25) is 0 Å². The van der Waals surface area contributed by atoms with Gasteiger partial charge in [0.15, 0.2) is 0 Å². The van der Waals surface area contributed by atoms with Crippen LogP contribution in [0.15, 0.2) is 30.3 Å². The monoisotopic (exact) mass is 303 g/mol. The van der Waals surface area contributed by atoms with Crippen molar-refractivity contribution in [1.29, 1.82) is 0 Å². The molecule has 1 aliphatic carbocycles. The molecule has 2 rings (SSSR count). The van der Waals surface area contributed by atoms with Crippen molar-refractivity contribution in [3.05, 3.63) is 35.9 Å². The standard InChI is InChI=1S/C18H25NO3/c1-13(20)19-12-17(18(21)22-2)16-10-8-15(9-11-16)14-6-4-3-5-7-14/h3-7,15-17H,8-12H2,1-2H3,(H,19,20). The van der Waals surface area contributed by atoms with Gasteiger partial charge < -0.3 is 10.1 Å². The third-order valence-corrected chi connectivity index (χ3v) is 4.69. The largest absolute Gasteiger partial charge is 0.469 e. The smallest absolute Gasteiger partial charge is 0.310 e. The Morgan fingerprint density at radius 3 is 2.36 bits per heavy atom. The summed E-state index contributed by atoms with van der Waals surface area (Å²) in [5.74, 6) is 0.324. The molecule has 1 fully saturated rings. The molecule has 4 nitrogen and oxygen atoms in total. The van der Waals surface area contributed by atoms with Crippen molar-refractivity contribution in [3.63, 3.8) is 0 Å². The van der Waals surface area contributed by atoms with Gasteiger partial charge in [0.05, 0.1) is 13.0 Å². The molecule has 0 bridgehead atoms. The normalized spacial score (nSPS) is 22.6. The van der Waals surface area contributed by atoms with Gasteiger partial charge in [0.2, 0.25) is 5.91 Å². The molecule has 0 saturated heterocycles. The van der Waals surface area contributed by atoms with Crippen molar-refractivity contribution < 1.29 is 14.3 Å². The van der Waals surface area contributed by atoms with Gasteiger partial charge in [0.25, 0.3) is 0 Å². The number of carbonyl (C=O) groups excluding carboxylic acids is 2.